The molecule has 1 aliphatic rings. The highest BCUT2D eigenvalue weighted by Crippen LogP contribution is 2.32. The smallest absolute Gasteiger partial charge is 0.348 e. The van der Waals surface area contributed by atoms with Crippen LogP contribution in [0.1, 0.15) is 53.7 Å². The first-order valence-corrected chi connectivity index (χ1v) is 9.83. The van der Waals surface area contributed by atoms with Gasteiger partial charge in [0.2, 0.25) is 0 Å². The van der Waals surface area contributed by atoms with E-state index in [9.17, 15) is 14.4 Å². The molecule has 1 heterocycles. The fraction of sp³-hybridized carbons (Fsp3) is 0.632. The zero-order valence-electron chi connectivity index (χ0n) is 15.8. The monoisotopic (exact) mass is 381 g/mol. The van der Waals surface area contributed by atoms with Crippen molar-refractivity contribution in [2.45, 2.75) is 52.5 Å². The molecular formula is C19H27NO5S. The van der Waals surface area contributed by atoms with Crippen molar-refractivity contribution >= 4 is 29.2 Å². The first-order valence-electron chi connectivity index (χ1n) is 9.01. The minimum Gasteiger partial charge on any atom is -0.467 e. The fourth-order valence-electron chi connectivity index (χ4n) is 3.02. The number of fused-ring (bicyclic) bond motifs is 1. The van der Waals surface area contributed by atoms with Crippen molar-refractivity contribution in [3.63, 3.8) is 0 Å². The summed E-state index contributed by atoms with van der Waals surface area (Å²) in [4.78, 5) is 37.9. The molecule has 0 radical (unpaired) electrons. The van der Waals surface area contributed by atoms with Gasteiger partial charge in [-0.3, -0.25) is 4.79 Å². The van der Waals surface area contributed by atoms with E-state index in [0.717, 1.165) is 19.3 Å². The van der Waals surface area contributed by atoms with Crippen molar-refractivity contribution in [2.24, 2.45) is 11.8 Å². The third-order valence-electron chi connectivity index (χ3n) is 4.85. The predicted octanol–water partition coefficient (Wildman–Crippen LogP) is 2.73. The second-order valence-electron chi connectivity index (χ2n) is 6.94. The van der Waals surface area contributed by atoms with Crippen molar-refractivity contribution in [2.75, 3.05) is 13.7 Å². The lowest BCUT2D eigenvalue weighted by Gasteiger charge is -2.21. The van der Waals surface area contributed by atoms with Gasteiger partial charge in [-0.25, -0.2) is 9.59 Å². The van der Waals surface area contributed by atoms with Gasteiger partial charge in [-0.1, -0.05) is 27.2 Å². The van der Waals surface area contributed by atoms with Crippen LogP contribution >= 0.6 is 11.3 Å². The molecule has 0 saturated carbocycles. The van der Waals surface area contributed by atoms with E-state index in [0.29, 0.717) is 17.2 Å². The van der Waals surface area contributed by atoms with E-state index in [1.807, 2.05) is 19.9 Å². The van der Waals surface area contributed by atoms with E-state index in [1.54, 1.807) is 0 Å². The number of hydrogen-bond acceptors (Lipinski definition) is 6. The highest BCUT2D eigenvalue weighted by molar-refractivity contribution is 7.14. The maximum absolute atomic E-state index is 12.2. The van der Waals surface area contributed by atoms with E-state index in [1.165, 1.54) is 28.9 Å². The number of aryl methyl sites for hydroxylation is 1. The van der Waals surface area contributed by atoms with Crippen molar-refractivity contribution in [3.8, 4) is 0 Å². The summed E-state index contributed by atoms with van der Waals surface area (Å²) in [7, 11) is 1.28. The van der Waals surface area contributed by atoms with Crippen LogP contribution in [-0.2, 0) is 31.9 Å². The van der Waals surface area contributed by atoms with Gasteiger partial charge < -0.3 is 14.8 Å². The highest BCUT2D eigenvalue weighted by atomic mass is 32.1. The summed E-state index contributed by atoms with van der Waals surface area (Å²) in [5.41, 5.74) is 1.22. The zero-order chi connectivity index (χ0) is 19.3. The quantitative estimate of drug-likeness (QED) is 0.735. The minimum atomic E-state index is -0.744. The van der Waals surface area contributed by atoms with E-state index in [-0.39, 0.29) is 5.92 Å². The van der Waals surface area contributed by atoms with Gasteiger partial charge in [0, 0.05) is 4.88 Å². The Morgan fingerprint density at radius 2 is 2.12 bits per heavy atom. The van der Waals surface area contributed by atoms with Crippen molar-refractivity contribution in [1.82, 2.24) is 5.32 Å². The normalized spacial score (nSPS) is 18.4. The first kappa shape index (κ1) is 20.4. The molecule has 0 unspecified atom stereocenters. The lowest BCUT2D eigenvalue weighted by molar-refractivity contribution is -0.147. The van der Waals surface area contributed by atoms with Gasteiger partial charge >= 0.3 is 11.9 Å². The number of ether oxygens (including phenoxy) is 2. The summed E-state index contributed by atoms with van der Waals surface area (Å²) in [6.07, 6.45) is 3.81. The van der Waals surface area contributed by atoms with Crippen LogP contribution in [0.2, 0.25) is 0 Å². The lowest BCUT2D eigenvalue weighted by atomic mass is 9.90. The molecule has 144 valence electrons. The zero-order valence-corrected chi connectivity index (χ0v) is 16.6. The standard InChI is InChI=1S/C19H27NO5S/c1-5-12(3)17(19(23)24-4)20-16(21)10-25-18(22)15-9-13-8-11(2)6-7-14(13)26-15/h9,11-12,17H,5-8,10H2,1-4H3,(H,20,21)/t11-,12-,17-/m0/s1. The van der Waals surface area contributed by atoms with Crippen LogP contribution in [0.3, 0.4) is 0 Å². The molecule has 1 aromatic heterocycles. The number of carbonyl (C=O) groups is 3. The molecule has 6 nitrogen and oxygen atoms in total. The van der Waals surface area contributed by atoms with Gasteiger partial charge in [0.15, 0.2) is 6.61 Å². The molecule has 2 rings (SSSR count). The minimum absolute atomic E-state index is 0.0758. The van der Waals surface area contributed by atoms with Gasteiger partial charge in [0.25, 0.3) is 5.91 Å². The molecule has 0 saturated heterocycles. The Balaban J connectivity index is 1.90. The second-order valence-corrected chi connectivity index (χ2v) is 8.07. The summed E-state index contributed by atoms with van der Waals surface area (Å²) >= 11 is 1.45. The molecule has 0 spiro atoms. The average molecular weight is 381 g/mol. The number of hydrogen-bond donors (Lipinski definition) is 1. The van der Waals surface area contributed by atoms with Crippen LogP contribution in [0.5, 0.6) is 0 Å². The number of methoxy groups -OCH3 is 1. The van der Waals surface area contributed by atoms with Crippen LogP contribution in [0, 0.1) is 11.8 Å². The maximum atomic E-state index is 12.2. The topological polar surface area (TPSA) is 81.7 Å². The number of thiophene rings is 1. The first-order chi connectivity index (χ1) is 12.3. The molecule has 3 atom stereocenters. The molecule has 1 aromatic rings. The molecule has 7 heteroatoms. The third kappa shape index (κ3) is 5.06. The van der Waals surface area contributed by atoms with Crippen LogP contribution in [0.4, 0.5) is 0 Å². The van der Waals surface area contributed by atoms with Crippen molar-refractivity contribution < 1.29 is 23.9 Å². The Morgan fingerprint density at radius 1 is 1.38 bits per heavy atom. The van der Waals surface area contributed by atoms with Crippen LogP contribution in [0.25, 0.3) is 0 Å². The number of rotatable bonds is 7. The summed E-state index contributed by atoms with van der Waals surface area (Å²) < 4.78 is 9.86. The molecule has 1 aliphatic carbocycles. The number of esters is 2. The van der Waals surface area contributed by atoms with Gasteiger partial charge in [-0.05, 0) is 42.7 Å². The maximum Gasteiger partial charge on any atom is 0.348 e. The molecular weight excluding hydrogens is 354 g/mol. The van der Waals surface area contributed by atoms with E-state index >= 15 is 0 Å². The summed E-state index contributed by atoms with van der Waals surface area (Å²) in [6, 6.07) is 1.14. The van der Waals surface area contributed by atoms with Crippen LogP contribution in [0.15, 0.2) is 6.07 Å². The Bertz CT molecular complexity index is 669. The van der Waals surface area contributed by atoms with Crippen molar-refractivity contribution in [3.05, 3.63) is 21.4 Å². The van der Waals surface area contributed by atoms with Gasteiger partial charge in [-0.2, -0.15) is 0 Å². The molecule has 0 bridgehead atoms. The fourth-order valence-corrected chi connectivity index (χ4v) is 4.12. The number of amides is 1. The van der Waals surface area contributed by atoms with Crippen LogP contribution in [-0.4, -0.2) is 37.6 Å². The molecule has 0 aromatic carbocycles. The molecule has 0 fully saturated rings. The summed E-state index contributed by atoms with van der Waals surface area (Å²) in [5.74, 6) is -0.955. The molecule has 1 amide bonds. The summed E-state index contributed by atoms with van der Waals surface area (Å²) in [6.45, 7) is 5.57. The van der Waals surface area contributed by atoms with E-state index < -0.39 is 30.5 Å². The largest absolute Gasteiger partial charge is 0.467 e. The number of nitrogens with one attached hydrogen (secondary N) is 1. The highest BCUT2D eigenvalue weighted by Gasteiger charge is 2.27. The Kier molecular flexibility index (Phi) is 7.20. The van der Waals surface area contributed by atoms with Crippen LogP contribution < -0.4 is 5.32 Å². The third-order valence-corrected chi connectivity index (χ3v) is 6.07. The summed E-state index contributed by atoms with van der Waals surface area (Å²) in [5, 5.41) is 2.59. The predicted molar refractivity (Wildman–Crippen MR) is 99.2 cm³/mol. The van der Waals surface area contributed by atoms with Gasteiger partial charge in [0.1, 0.15) is 10.9 Å². The molecule has 0 aliphatic heterocycles. The lowest BCUT2D eigenvalue weighted by Crippen LogP contribution is -2.47. The second kappa shape index (κ2) is 9.16. The van der Waals surface area contributed by atoms with Crippen molar-refractivity contribution in [1.29, 1.82) is 0 Å². The molecule has 1 N–H and O–H groups in total. The Hall–Kier alpha value is -1.89. The average Bonchev–Trinajstić information content (AvgIpc) is 3.06. The molecule has 26 heavy (non-hydrogen) atoms. The van der Waals surface area contributed by atoms with Gasteiger partial charge in [0.05, 0.1) is 7.11 Å². The van der Waals surface area contributed by atoms with E-state index in [2.05, 4.69) is 12.2 Å². The Morgan fingerprint density at radius 3 is 2.77 bits per heavy atom. The van der Waals surface area contributed by atoms with Gasteiger partial charge in [-0.15, -0.1) is 11.3 Å². The SMILES string of the molecule is CC[C@H](C)[C@H](NC(=O)COC(=O)c1cc2c(s1)CC[C@H](C)C2)C(=O)OC. The van der Waals surface area contributed by atoms with E-state index in [4.69, 9.17) is 9.47 Å². The number of carbonyl (C=O) groups excluding carboxylic acids is 3. The Labute approximate surface area is 158 Å².